The van der Waals surface area contributed by atoms with Crippen molar-refractivity contribution in [1.29, 1.82) is 0 Å². The quantitative estimate of drug-likeness (QED) is 0.631. The summed E-state index contributed by atoms with van der Waals surface area (Å²) in [5.41, 5.74) is 6.50. The summed E-state index contributed by atoms with van der Waals surface area (Å²) in [7, 11) is 0. The molecule has 1 amide bonds. The molecule has 0 unspecified atom stereocenters. The lowest BCUT2D eigenvalue weighted by molar-refractivity contribution is -0.384. The molecule has 0 radical (unpaired) electrons. The highest BCUT2D eigenvalue weighted by Gasteiger charge is 2.40. The molecular formula is C16H24Cl2N4O3. The van der Waals surface area contributed by atoms with Crippen LogP contribution in [-0.2, 0) is 4.79 Å². The predicted octanol–water partition coefficient (Wildman–Crippen LogP) is 2.36. The lowest BCUT2D eigenvalue weighted by Gasteiger charge is -2.39. The molecule has 1 saturated heterocycles. The van der Waals surface area contributed by atoms with Gasteiger partial charge in [0.15, 0.2) is 0 Å². The first-order chi connectivity index (χ1) is 11.0. The maximum Gasteiger partial charge on any atom is 0.271 e. The molecule has 3 rings (SSSR count). The minimum absolute atomic E-state index is 0. The van der Waals surface area contributed by atoms with Crippen LogP contribution >= 0.6 is 24.8 Å². The number of hydrogen-bond acceptors (Lipinski definition) is 5. The molecule has 25 heavy (non-hydrogen) atoms. The van der Waals surface area contributed by atoms with Crippen LogP contribution in [0.2, 0.25) is 0 Å². The minimum Gasteiger partial charge on any atom is -0.368 e. The largest absolute Gasteiger partial charge is 0.368 e. The Balaban J connectivity index is 0.00000156. The van der Waals surface area contributed by atoms with E-state index in [1.54, 1.807) is 12.1 Å². The zero-order valence-corrected chi connectivity index (χ0v) is 15.6. The van der Waals surface area contributed by atoms with E-state index in [0.717, 1.165) is 31.4 Å². The second kappa shape index (κ2) is 8.69. The first kappa shape index (κ1) is 21.5. The van der Waals surface area contributed by atoms with E-state index in [-0.39, 0.29) is 41.3 Å². The summed E-state index contributed by atoms with van der Waals surface area (Å²) in [6, 6.07) is 6.63. The van der Waals surface area contributed by atoms with Crippen molar-refractivity contribution in [3.05, 3.63) is 34.4 Å². The highest BCUT2D eigenvalue weighted by atomic mass is 35.5. The Morgan fingerprint density at radius 2 is 1.72 bits per heavy atom. The van der Waals surface area contributed by atoms with Gasteiger partial charge in [0.2, 0.25) is 5.91 Å². The van der Waals surface area contributed by atoms with Crippen molar-refractivity contribution in [1.82, 2.24) is 4.90 Å². The number of benzene rings is 1. The number of nitro benzene ring substituents is 1. The number of carbonyl (C=O) groups is 1. The van der Waals surface area contributed by atoms with Gasteiger partial charge in [0.25, 0.3) is 5.69 Å². The summed E-state index contributed by atoms with van der Waals surface area (Å²) in [5.74, 6) is 0.0636. The molecule has 1 aliphatic heterocycles. The van der Waals surface area contributed by atoms with Crippen LogP contribution in [0.4, 0.5) is 11.4 Å². The molecule has 0 spiro atoms. The number of piperazine rings is 1. The summed E-state index contributed by atoms with van der Waals surface area (Å²) < 4.78 is 0. The van der Waals surface area contributed by atoms with E-state index in [4.69, 9.17) is 5.73 Å². The number of nitrogens with two attached hydrogens (primary N) is 1. The topological polar surface area (TPSA) is 92.7 Å². The number of anilines is 1. The van der Waals surface area contributed by atoms with Gasteiger partial charge in [-0.15, -0.1) is 24.8 Å². The SMILES string of the molecule is Cl.Cl.NC1(C(=O)N2CCN(c3cccc([N+](=O)[O-])c3)CC2)CCCC1. The summed E-state index contributed by atoms with van der Waals surface area (Å²) >= 11 is 0. The molecule has 1 heterocycles. The van der Waals surface area contributed by atoms with Crippen LogP contribution in [0.1, 0.15) is 25.7 Å². The minimum atomic E-state index is -0.673. The Morgan fingerprint density at radius 3 is 2.28 bits per heavy atom. The van der Waals surface area contributed by atoms with Crippen LogP contribution in [0.5, 0.6) is 0 Å². The fourth-order valence-electron chi connectivity index (χ4n) is 3.51. The molecule has 9 heteroatoms. The van der Waals surface area contributed by atoms with Crippen molar-refractivity contribution in [2.75, 3.05) is 31.1 Å². The molecule has 7 nitrogen and oxygen atoms in total. The van der Waals surface area contributed by atoms with Crippen molar-refractivity contribution < 1.29 is 9.72 Å². The number of amides is 1. The Morgan fingerprint density at radius 1 is 1.12 bits per heavy atom. The van der Waals surface area contributed by atoms with Crippen molar-refractivity contribution in [2.24, 2.45) is 5.73 Å². The highest BCUT2D eigenvalue weighted by Crippen LogP contribution is 2.30. The van der Waals surface area contributed by atoms with E-state index in [0.29, 0.717) is 26.2 Å². The van der Waals surface area contributed by atoms with Gasteiger partial charge in [-0.1, -0.05) is 18.9 Å². The van der Waals surface area contributed by atoms with Crippen LogP contribution in [0, 0.1) is 10.1 Å². The van der Waals surface area contributed by atoms with E-state index in [2.05, 4.69) is 4.90 Å². The first-order valence-electron chi connectivity index (χ1n) is 8.07. The second-order valence-corrected chi connectivity index (χ2v) is 6.42. The number of hydrogen-bond donors (Lipinski definition) is 1. The maximum atomic E-state index is 12.6. The molecule has 1 aliphatic carbocycles. The van der Waals surface area contributed by atoms with Gasteiger partial charge in [0.05, 0.1) is 10.5 Å². The lowest BCUT2D eigenvalue weighted by Crippen LogP contribution is -2.58. The fraction of sp³-hybridized carbons (Fsp3) is 0.562. The average Bonchev–Trinajstić information content (AvgIpc) is 3.02. The third-order valence-electron chi connectivity index (χ3n) is 4.89. The third kappa shape index (κ3) is 4.54. The van der Waals surface area contributed by atoms with E-state index < -0.39 is 5.54 Å². The number of nitrogens with zero attached hydrogens (tertiary/aromatic N) is 3. The zero-order chi connectivity index (χ0) is 16.4. The normalized spacial score (nSPS) is 18.9. The van der Waals surface area contributed by atoms with Crippen LogP contribution in [0.3, 0.4) is 0 Å². The van der Waals surface area contributed by atoms with Gasteiger partial charge in [0.1, 0.15) is 0 Å². The third-order valence-corrected chi connectivity index (χ3v) is 4.89. The molecule has 0 bridgehead atoms. The summed E-state index contributed by atoms with van der Waals surface area (Å²) in [5, 5.41) is 10.9. The van der Waals surface area contributed by atoms with Crippen LogP contribution < -0.4 is 10.6 Å². The average molecular weight is 391 g/mol. The number of halogens is 2. The maximum absolute atomic E-state index is 12.6. The molecule has 140 valence electrons. The van der Waals surface area contributed by atoms with Gasteiger partial charge in [-0.3, -0.25) is 14.9 Å². The van der Waals surface area contributed by atoms with Crippen LogP contribution in [-0.4, -0.2) is 47.4 Å². The van der Waals surface area contributed by atoms with Crippen molar-refractivity contribution in [2.45, 2.75) is 31.2 Å². The smallest absolute Gasteiger partial charge is 0.271 e. The summed E-state index contributed by atoms with van der Waals surface area (Å²) in [4.78, 5) is 27.0. The Kier molecular flexibility index (Phi) is 7.46. The van der Waals surface area contributed by atoms with Crippen molar-refractivity contribution in [3.8, 4) is 0 Å². The Labute approximate surface area is 159 Å². The second-order valence-electron chi connectivity index (χ2n) is 6.42. The number of rotatable bonds is 3. The molecule has 1 aromatic carbocycles. The molecule has 1 saturated carbocycles. The summed E-state index contributed by atoms with van der Waals surface area (Å²) in [6.07, 6.45) is 3.60. The van der Waals surface area contributed by atoms with Gasteiger partial charge < -0.3 is 15.5 Å². The Bertz CT molecular complexity index is 615. The molecule has 0 atom stereocenters. The van der Waals surface area contributed by atoms with Crippen molar-refractivity contribution >= 4 is 42.1 Å². The van der Waals surface area contributed by atoms with E-state index in [1.165, 1.54) is 6.07 Å². The van der Waals surface area contributed by atoms with E-state index in [9.17, 15) is 14.9 Å². The van der Waals surface area contributed by atoms with Gasteiger partial charge in [-0.2, -0.15) is 0 Å². The van der Waals surface area contributed by atoms with E-state index in [1.807, 2.05) is 11.0 Å². The van der Waals surface area contributed by atoms with Gasteiger partial charge in [0, 0.05) is 44.0 Å². The molecule has 2 N–H and O–H groups in total. The monoisotopic (exact) mass is 390 g/mol. The van der Waals surface area contributed by atoms with Crippen LogP contribution in [0.25, 0.3) is 0 Å². The first-order valence-corrected chi connectivity index (χ1v) is 8.07. The molecule has 2 aliphatic rings. The van der Waals surface area contributed by atoms with Crippen LogP contribution in [0.15, 0.2) is 24.3 Å². The lowest BCUT2D eigenvalue weighted by atomic mass is 9.97. The van der Waals surface area contributed by atoms with Gasteiger partial charge in [-0.05, 0) is 18.9 Å². The van der Waals surface area contributed by atoms with Crippen molar-refractivity contribution in [3.63, 3.8) is 0 Å². The van der Waals surface area contributed by atoms with E-state index >= 15 is 0 Å². The fourth-order valence-corrected chi connectivity index (χ4v) is 3.51. The standard InChI is InChI=1S/C16H22N4O3.2ClH/c17-16(6-1-2-7-16)15(21)19-10-8-18(9-11-19)13-4-3-5-14(12-13)20(22)23;;/h3-5,12H,1-2,6-11,17H2;2*1H. The molecule has 0 aromatic heterocycles. The molecule has 1 aromatic rings. The highest BCUT2D eigenvalue weighted by molar-refractivity contribution is 5.86. The van der Waals surface area contributed by atoms with Gasteiger partial charge in [-0.25, -0.2) is 0 Å². The summed E-state index contributed by atoms with van der Waals surface area (Å²) in [6.45, 7) is 2.56. The predicted molar refractivity (Wildman–Crippen MR) is 102 cm³/mol. The molecule has 2 fully saturated rings. The zero-order valence-electron chi connectivity index (χ0n) is 13.9. The number of carbonyl (C=O) groups excluding carboxylic acids is 1. The van der Waals surface area contributed by atoms with Gasteiger partial charge >= 0.3 is 0 Å². The molecular weight excluding hydrogens is 367 g/mol. The number of nitro groups is 1. The Hall–Kier alpha value is -1.57. The number of non-ortho nitro benzene ring substituents is 1.